The second-order valence-electron chi connectivity index (χ2n) is 9.76. The lowest BCUT2D eigenvalue weighted by Gasteiger charge is -2.25. The molecule has 0 unspecified atom stereocenters. The van der Waals surface area contributed by atoms with Crippen molar-refractivity contribution in [1.82, 2.24) is 9.55 Å². The van der Waals surface area contributed by atoms with Crippen molar-refractivity contribution < 1.29 is 33.3 Å². The Morgan fingerprint density at radius 1 is 0.698 bits per heavy atom. The van der Waals surface area contributed by atoms with Crippen LogP contribution >= 0.6 is 15.9 Å². The molecule has 0 aliphatic carbocycles. The lowest BCUT2D eigenvalue weighted by Crippen LogP contribution is -2.41. The number of carbonyl (C=O) groups is 3. The molecule has 4 aromatic carbocycles. The lowest BCUT2D eigenvalue weighted by molar-refractivity contribution is -0.0604. The summed E-state index contributed by atoms with van der Waals surface area (Å²) in [5.41, 5.74) is 2.32. The van der Waals surface area contributed by atoms with Crippen LogP contribution in [0.15, 0.2) is 120 Å². The van der Waals surface area contributed by atoms with E-state index in [1.165, 1.54) is 0 Å². The molecule has 9 nitrogen and oxygen atoms in total. The Hall–Kier alpha value is -4.80. The van der Waals surface area contributed by atoms with Gasteiger partial charge in [-0.15, -0.1) is 0 Å². The van der Waals surface area contributed by atoms with Crippen molar-refractivity contribution in [3.63, 3.8) is 0 Å². The van der Waals surface area contributed by atoms with Gasteiger partial charge in [0.25, 0.3) is 0 Å². The highest BCUT2D eigenvalue weighted by atomic mass is 79.9. The molecule has 0 bridgehead atoms. The zero-order valence-electron chi connectivity index (χ0n) is 22.6. The summed E-state index contributed by atoms with van der Waals surface area (Å²) in [6.45, 7) is -0.274. The van der Waals surface area contributed by atoms with E-state index < -0.39 is 42.4 Å². The van der Waals surface area contributed by atoms with Gasteiger partial charge in [0, 0.05) is 4.47 Å². The molecule has 1 fully saturated rings. The minimum atomic E-state index is -1.14. The van der Waals surface area contributed by atoms with Crippen molar-refractivity contribution >= 4 is 44.9 Å². The van der Waals surface area contributed by atoms with Gasteiger partial charge in [-0.1, -0.05) is 60.7 Å². The number of carbonyl (C=O) groups excluding carboxylic acids is 3. The molecule has 216 valence electrons. The summed E-state index contributed by atoms with van der Waals surface area (Å²) in [5, 5.41) is 0. The Morgan fingerprint density at radius 3 is 1.81 bits per heavy atom. The predicted molar refractivity (Wildman–Crippen MR) is 159 cm³/mol. The van der Waals surface area contributed by atoms with E-state index in [1.807, 2.05) is 18.2 Å². The van der Waals surface area contributed by atoms with Gasteiger partial charge in [-0.05, 0) is 64.5 Å². The summed E-state index contributed by atoms with van der Waals surface area (Å²) in [6, 6.07) is 31.0. The third-order valence-corrected chi connectivity index (χ3v) is 7.64. The van der Waals surface area contributed by atoms with E-state index in [0.29, 0.717) is 27.7 Å². The summed E-state index contributed by atoms with van der Waals surface area (Å²) in [6.07, 6.45) is -2.68. The van der Waals surface area contributed by atoms with Crippen LogP contribution in [0.4, 0.5) is 0 Å². The molecule has 10 heteroatoms. The summed E-state index contributed by atoms with van der Waals surface area (Å²) < 4.78 is 26.5. The molecule has 1 aliphatic heterocycles. The minimum Gasteiger partial charge on any atom is -0.459 e. The van der Waals surface area contributed by atoms with Gasteiger partial charge in [-0.2, -0.15) is 0 Å². The highest BCUT2D eigenvalue weighted by molar-refractivity contribution is 9.10. The van der Waals surface area contributed by atoms with Crippen molar-refractivity contribution in [3.8, 4) is 0 Å². The Labute approximate surface area is 255 Å². The molecule has 4 atom stereocenters. The number of fused-ring (bicyclic) bond motifs is 1. The van der Waals surface area contributed by atoms with Crippen LogP contribution in [0.1, 0.15) is 37.3 Å². The smallest absolute Gasteiger partial charge is 0.338 e. The van der Waals surface area contributed by atoms with E-state index in [-0.39, 0.29) is 6.61 Å². The van der Waals surface area contributed by atoms with Gasteiger partial charge < -0.3 is 18.9 Å². The molecule has 0 spiro atoms. The largest absolute Gasteiger partial charge is 0.459 e. The number of esters is 3. The number of hydrogen-bond donors (Lipinski definition) is 0. The van der Waals surface area contributed by atoms with Gasteiger partial charge in [-0.3, -0.25) is 4.57 Å². The van der Waals surface area contributed by atoms with Crippen LogP contribution < -0.4 is 0 Å². The molecule has 6 rings (SSSR count). The minimum absolute atomic E-state index is 0.274. The van der Waals surface area contributed by atoms with Crippen LogP contribution in [0.25, 0.3) is 11.0 Å². The number of benzene rings is 4. The van der Waals surface area contributed by atoms with Gasteiger partial charge in [-0.25, -0.2) is 19.4 Å². The Kier molecular flexibility index (Phi) is 8.30. The van der Waals surface area contributed by atoms with Gasteiger partial charge in [0.1, 0.15) is 12.7 Å². The average Bonchev–Trinajstić information content (AvgIpc) is 3.63. The number of para-hydroxylation sites is 1. The molecule has 0 amide bonds. The second kappa shape index (κ2) is 12.6. The number of halogens is 1. The molecule has 43 heavy (non-hydrogen) atoms. The topological polar surface area (TPSA) is 106 Å². The summed E-state index contributed by atoms with van der Waals surface area (Å²) >= 11 is 3.58. The highest BCUT2D eigenvalue weighted by Crippen LogP contribution is 2.38. The number of ether oxygens (including phenoxy) is 4. The molecule has 2 heterocycles. The molecule has 5 aromatic rings. The number of aromatic nitrogens is 2. The quantitative estimate of drug-likeness (QED) is 0.150. The van der Waals surface area contributed by atoms with E-state index in [2.05, 4.69) is 20.9 Å². The SMILES string of the molecule is O=C(OC[C@H]1O[C@@H](n2cnc3cccc(Br)c32)[C@H](OC(=O)c2ccccc2)[C@@H]1OC(=O)c1ccccc1)c1ccccc1. The first-order valence-electron chi connectivity index (χ1n) is 13.5. The first kappa shape index (κ1) is 28.3. The first-order valence-corrected chi connectivity index (χ1v) is 14.3. The summed E-state index contributed by atoms with van der Waals surface area (Å²) in [5.74, 6) is -1.86. The molecule has 1 saturated heterocycles. The average molecular weight is 641 g/mol. The molecule has 1 aliphatic rings. The van der Waals surface area contributed by atoms with Crippen molar-refractivity contribution in [2.24, 2.45) is 0 Å². The molecule has 0 radical (unpaired) electrons. The Morgan fingerprint density at radius 2 is 1.23 bits per heavy atom. The predicted octanol–water partition coefficient (Wildman–Crippen LogP) is 6.00. The van der Waals surface area contributed by atoms with Crippen LogP contribution in [0.3, 0.4) is 0 Å². The van der Waals surface area contributed by atoms with Crippen LogP contribution in [0.5, 0.6) is 0 Å². The van der Waals surface area contributed by atoms with Gasteiger partial charge in [0.15, 0.2) is 18.4 Å². The maximum absolute atomic E-state index is 13.4. The van der Waals surface area contributed by atoms with E-state index in [4.69, 9.17) is 18.9 Å². The van der Waals surface area contributed by atoms with E-state index in [0.717, 1.165) is 4.47 Å². The maximum Gasteiger partial charge on any atom is 0.338 e. The van der Waals surface area contributed by atoms with Crippen LogP contribution in [0, 0.1) is 0 Å². The van der Waals surface area contributed by atoms with Crippen molar-refractivity contribution in [3.05, 3.63) is 137 Å². The molecular weight excluding hydrogens is 616 g/mol. The standard InChI is InChI=1S/C33H25BrN2O7/c34-24-17-10-18-25-27(24)36(20-35-25)30-29(43-33(39)23-15-8-3-9-16-23)28(42-32(38)22-13-6-2-7-14-22)26(41-30)19-40-31(37)21-11-4-1-5-12-21/h1-18,20,26,28-30H,19H2/t26-,28-,29-,30-/m1/s1. The lowest BCUT2D eigenvalue weighted by atomic mass is 10.1. The maximum atomic E-state index is 13.4. The summed E-state index contributed by atoms with van der Waals surface area (Å²) in [4.78, 5) is 44.0. The van der Waals surface area contributed by atoms with Crippen molar-refractivity contribution in [1.29, 1.82) is 0 Å². The summed E-state index contributed by atoms with van der Waals surface area (Å²) in [7, 11) is 0. The van der Waals surface area contributed by atoms with Gasteiger partial charge in [0.2, 0.25) is 0 Å². The third kappa shape index (κ3) is 6.06. The third-order valence-electron chi connectivity index (χ3n) is 7.00. The number of imidazole rings is 1. The Balaban J connectivity index is 1.38. The zero-order valence-corrected chi connectivity index (χ0v) is 24.2. The fraction of sp³-hybridized carbons (Fsp3) is 0.152. The fourth-order valence-electron chi connectivity index (χ4n) is 4.92. The molecule has 1 aromatic heterocycles. The van der Waals surface area contributed by atoms with Crippen LogP contribution in [-0.2, 0) is 18.9 Å². The number of nitrogens with zero attached hydrogens (tertiary/aromatic N) is 2. The van der Waals surface area contributed by atoms with Crippen LogP contribution in [-0.4, -0.2) is 52.4 Å². The highest BCUT2D eigenvalue weighted by Gasteiger charge is 2.51. The first-order chi connectivity index (χ1) is 21.0. The number of hydrogen-bond acceptors (Lipinski definition) is 8. The Bertz CT molecular complexity index is 1740. The van der Waals surface area contributed by atoms with E-state index in [9.17, 15) is 14.4 Å². The number of rotatable bonds is 8. The molecule has 0 N–H and O–H groups in total. The second-order valence-corrected chi connectivity index (χ2v) is 10.6. The van der Waals surface area contributed by atoms with Gasteiger partial charge in [0.05, 0.1) is 34.1 Å². The van der Waals surface area contributed by atoms with Crippen LogP contribution in [0.2, 0.25) is 0 Å². The van der Waals surface area contributed by atoms with Crippen molar-refractivity contribution in [2.75, 3.05) is 6.61 Å². The fourth-order valence-corrected chi connectivity index (χ4v) is 5.48. The molecular formula is C33H25BrN2O7. The normalized spacial score (nSPS) is 19.6. The van der Waals surface area contributed by atoms with Crippen molar-refractivity contribution in [2.45, 2.75) is 24.5 Å². The van der Waals surface area contributed by atoms with E-state index in [1.54, 1.807) is 102 Å². The van der Waals surface area contributed by atoms with E-state index >= 15 is 0 Å². The zero-order chi connectivity index (χ0) is 29.8. The molecule has 0 saturated carbocycles. The van der Waals surface area contributed by atoms with Gasteiger partial charge >= 0.3 is 17.9 Å². The monoisotopic (exact) mass is 640 g/mol.